The van der Waals surface area contributed by atoms with Gasteiger partial charge in [-0.05, 0) is 86.8 Å². The van der Waals surface area contributed by atoms with Crippen molar-refractivity contribution in [1.82, 2.24) is 14.1 Å². The number of likely N-dealkylation sites (tertiary alicyclic amines) is 2. The van der Waals surface area contributed by atoms with Gasteiger partial charge in [0.1, 0.15) is 11.5 Å². The molecule has 252 valence electrons. The zero-order valence-electron chi connectivity index (χ0n) is 26.9. The monoisotopic (exact) mass is 657 g/mol. The van der Waals surface area contributed by atoms with E-state index >= 15 is 0 Å². The molecule has 2 aromatic carbocycles. The van der Waals surface area contributed by atoms with Gasteiger partial charge in [0.25, 0.3) is 5.91 Å². The Morgan fingerprint density at radius 3 is 2.15 bits per heavy atom. The van der Waals surface area contributed by atoms with E-state index < -0.39 is 16.3 Å². The third-order valence-corrected chi connectivity index (χ3v) is 11.1. The van der Waals surface area contributed by atoms with Crippen molar-refractivity contribution >= 4 is 15.9 Å². The summed E-state index contributed by atoms with van der Waals surface area (Å²) in [5.74, 6) is 1.25. The van der Waals surface area contributed by atoms with Crippen molar-refractivity contribution in [2.24, 2.45) is 0 Å². The highest BCUT2D eigenvalue weighted by molar-refractivity contribution is 7.89. The summed E-state index contributed by atoms with van der Waals surface area (Å²) in [5.41, 5.74) is 0.996. The first kappa shape index (κ1) is 34.2. The number of hydrogen-bond donors (Lipinski definition) is 1. The predicted octanol–water partition coefficient (Wildman–Crippen LogP) is 3.59. The molecule has 3 aliphatic heterocycles. The van der Waals surface area contributed by atoms with E-state index in [1.54, 1.807) is 19.2 Å². The molecule has 0 aliphatic carbocycles. The number of carbonyl (C=O) groups excluding carboxylic acids is 1. The highest BCUT2D eigenvalue weighted by atomic mass is 32.2. The van der Waals surface area contributed by atoms with E-state index in [0.717, 1.165) is 37.2 Å². The SMILES string of the molecule is COc1ccc([C@H]2C=C(C(=O)N3CCC(N4CCCCC4)CC3)O[C@@H](OCCN(CCO)S(=O)(=O)c3ccc(OC)cc3)C2)cc1. The molecule has 3 heterocycles. The lowest BCUT2D eigenvalue weighted by molar-refractivity contribution is -0.153. The maximum Gasteiger partial charge on any atom is 0.288 e. The number of piperidine rings is 2. The van der Waals surface area contributed by atoms with Gasteiger partial charge in [0.15, 0.2) is 5.76 Å². The number of rotatable bonds is 13. The van der Waals surface area contributed by atoms with Crippen LogP contribution in [0, 0.1) is 0 Å². The van der Waals surface area contributed by atoms with Gasteiger partial charge < -0.3 is 33.9 Å². The van der Waals surface area contributed by atoms with E-state index in [1.165, 1.54) is 42.8 Å². The Kier molecular flexibility index (Phi) is 12.0. The Hall–Kier alpha value is -3.16. The van der Waals surface area contributed by atoms with Gasteiger partial charge in [-0.3, -0.25) is 4.79 Å². The van der Waals surface area contributed by atoms with Crippen LogP contribution in [0.3, 0.4) is 0 Å². The molecular weight excluding hydrogens is 610 g/mol. The fraction of sp³-hybridized carbons (Fsp3) is 0.559. The first-order valence-corrected chi connectivity index (χ1v) is 17.7. The quantitative estimate of drug-likeness (QED) is 0.345. The van der Waals surface area contributed by atoms with E-state index in [2.05, 4.69) is 4.90 Å². The van der Waals surface area contributed by atoms with Crippen LogP contribution in [0.5, 0.6) is 11.5 Å². The second kappa shape index (κ2) is 16.1. The van der Waals surface area contributed by atoms with Crippen molar-refractivity contribution in [3.05, 3.63) is 65.9 Å². The van der Waals surface area contributed by atoms with Crippen molar-refractivity contribution in [2.45, 2.75) is 61.7 Å². The van der Waals surface area contributed by atoms with E-state index in [9.17, 15) is 18.3 Å². The maximum absolute atomic E-state index is 13.8. The molecule has 1 amide bonds. The van der Waals surface area contributed by atoms with Gasteiger partial charge in [0.2, 0.25) is 16.3 Å². The lowest BCUT2D eigenvalue weighted by Gasteiger charge is -2.40. The lowest BCUT2D eigenvalue weighted by atomic mass is 9.92. The largest absolute Gasteiger partial charge is 0.497 e. The van der Waals surface area contributed by atoms with Gasteiger partial charge in [-0.25, -0.2) is 8.42 Å². The number of amides is 1. The molecule has 3 aliphatic rings. The number of aliphatic hydroxyl groups is 1. The Morgan fingerprint density at radius 2 is 1.54 bits per heavy atom. The van der Waals surface area contributed by atoms with Crippen LogP contribution in [0.25, 0.3) is 0 Å². The number of aliphatic hydroxyl groups excluding tert-OH is 1. The molecule has 12 heteroatoms. The summed E-state index contributed by atoms with van der Waals surface area (Å²) in [4.78, 5) is 18.3. The van der Waals surface area contributed by atoms with Crippen LogP contribution in [-0.4, -0.2) is 113 Å². The van der Waals surface area contributed by atoms with Gasteiger partial charge in [-0.2, -0.15) is 4.31 Å². The number of nitrogens with zero attached hydrogens (tertiary/aromatic N) is 3. The van der Waals surface area contributed by atoms with E-state index in [4.69, 9.17) is 18.9 Å². The summed E-state index contributed by atoms with van der Waals surface area (Å²) in [6.45, 7) is 3.23. The van der Waals surface area contributed by atoms with Crippen LogP contribution in [0.1, 0.15) is 50.0 Å². The second-order valence-electron chi connectivity index (χ2n) is 12.0. The predicted molar refractivity (Wildman–Crippen MR) is 173 cm³/mol. The van der Waals surface area contributed by atoms with Crippen LogP contribution in [-0.2, 0) is 24.3 Å². The van der Waals surface area contributed by atoms with Gasteiger partial charge >= 0.3 is 0 Å². The topological polar surface area (TPSA) is 118 Å². The summed E-state index contributed by atoms with van der Waals surface area (Å²) in [6.07, 6.45) is 7.27. The van der Waals surface area contributed by atoms with Crippen molar-refractivity contribution < 1.29 is 37.3 Å². The molecule has 0 spiro atoms. The molecule has 5 rings (SSSR count). The molecule has 11 nitrogen and oxygen atoms in total. The number of carbonyl (C=O) groups is 1. The molecule has 0 radical (unpaired) electrons. The molecule has 2 aromatic rings. The zero-order valence-corrected chi connectivity index (χ0v) is 27.7. The van der Waals surface area contributed by atoms with Crippen molar-refractivity contribution in [2.75, 3.05) is 66.7 Å². The average molecular weight is 658 g/mol. The molecule has 0 unspecified atom stereocenters. The van der Waals surface area contributed by atoms with Crippen LogP contribution < -0.4 is 9.47 Å². The van der Waals surface area contributed by atoms with Crippen LogP contribution in [0.15, 0.2) is 65.3 Å². The number of ether oxygens (including phenoxy) is 4. The number of benzene rings is 2. The zero-order chi connectivity index (χ0) is 32.5. The van der Waals surface area contributed by atoms with Crippen LogP contribution >= 0.6 is 0 Å². The third kappa shape index (κ3) is 8.40. The number of methoxy groups -OCH3 is 2. The van der Waals surface area contributed by atoms with Gasteiger partial charge in [-0.1, -0.05) is 18.6 Å². The van der Waals surface area contributed by atoms with E-state index in [1.807, 2.05) is 35.2 Å². The molecule has 0 aromatic heterocycles. The van der Waals surface area contributed by atoms with Crippen molar-refractivity contribution in [3.63, 3.8) is 0 Å². The minimum Gasteiger partial charge on any atom is -0.497 e. The lowest BCUT2D eigenvalue weighted by Crippen LogP contribution is -2.49. The highest BCUT2D eigenvalue weighted by Gasteiger charge is 2.34. The minimum absolute atomic E-state index is 0.000999. The summed E-state index contributed by atoms with van der Waals surface area (Å²) in [7, 11) is -0.763. The first-order valence-electron chi connectivity index (χ1n) is 16.2. The van der Waals surface area contributed by atoms with Gasteiger partial charge in [0, 0.05) is 44.6 Å². The molecular formula is C34H47N3O8S. The smallest absolute Gasteiger partial charge is 0.288 e. The summed E-state index contributed by atoms with van der Waals surface area (Å²) in [6, 6.07) is 14.3. The Morgan fingerprint density at radius 1 is 0.913 bits per heavy atom. The molecule has 46 heavy (non-hydrogen) atoms. The number of sulfonamides is 1. The molecule has 0 bridgehead atoms. The maximum atomic E-state index is 13.8. The Balaban J connectivity index is 1.25. The normalized spacial score (nSPS) is 21.5. The van der Waals surface area contributed by atoms with Crippen molar-refractivity contribution in [1.29, 1.82) is 0 Å². The van der Waals surface area contributed by atoms with Crippen molar-refractivity contribution in [3.8, 4) is 11.5 Å². The summed E-state index contributed by atoms with van der Waals surface area (Å²) < 4.78 is 50.6. The molecule has 1 N–H and O–H groups in total. The average Bonchev–Trinajstić information content (AvgIpc) is 3.11. The number of hydrogen-bond acceptors (Lipinski definition) is 9. The highest BCUT2D eigenvalue weighted by Crippen LogP contribution is 2.34. The molecule has 2 atom stereocenters. The first-order chi connectivity index (χ1) is 22.3. The Bertz CT molecular complexity index is 1400. The van der Waals surface area contributed by atoms with Gasteiger partial charge in [0.05, 0.1) is 32.3 Å². The fourth-order valence-electron chi connectivity index (χ4n) is 6.51. The summed E-state index contributed by atoms with van der Waals surface area (Å²) >= 11 is 0. The molecule has 2 saturated heterocycles. The second-order valence-corrected chi connectivity index (χ2v) is 13.9. The van der Waals surface area contributed by atoms with Gasteiger partial charge in [-0.15, -0.1) is 0 Å². The molecule has 0 saturated carbocycles. The minimum atomic E-state index is -3.89. The fourth-order valence-corrected chi connectivity index (χ4v) is 7.93. The summed E-state index contributed by atoms with van der Waals surface area (Å²) in [5, 5.41) is 9.63. The van der Waals surface area contributed by atoms with E-state index in [-0.39, 0.29) is 48.8 Å². The van der Waals surface area contributed by atoms with E-state index in [0.29, 0.717) is 31.3 Å². The third-order valence-electron chi connectivity index (χ3n) is 9.16. The number of allylic oxidation sites excluding steroid dienone is 1. The van der Waals surface area contributed by atoms with Crippen LogP contribution in [0.4, 0.5) is 0 Å². The standard InChI is InChI=1S/C34H47N3O8S/c1-42-29-8-6-26(7-9-29)27-24-32(34(39)36-18-14-28(15-19-36)35-16-4-3-5-17-35)45-33(25-27)44-23-21-37(20-22-38)46(40,41)31-12-10-30(43-2)11-13-31/h6-13,24,27-28,33,38H,3-5,14-23,25H2,1-2H3/t27-,33+/m0/s1. The molecule has 2 fully saturated rings. The van der Waals surface area contributed by atoms with Crippen LogP contribution in [0.2, 0.25) is 0 Å². The Labute approximate surface area is 272 Å².